The van der Waals surface area contributed by atoms with Gasteiger partial charge in [0, 0.05) is 30.3 Å². The second kappa shape index (κ2) is 16.6. The van der Waals surface area contributed by atoms with Crippen LogP contribution in [0.1, 0.15) is 80.6 Å². The molecule has 0 aliphatic carbocycles. The van der Waals surface area contributed by atoms with Crippen molar-refractivity contribution in [2.45, 2.75) is 113 Å². The van der Waals surface area contributed by atoms with Crippen LogP contribution in [0.5, 0.6) is 28.7 Å². The minimum atomic E-state index is -1.44. The minimum absolute atomic E-state index is 0.0321. The number of fused-ring (bicyclic) bond motifs is 7. The van der Waals surface area contributed by atoms with Crippen LogP contribution in [-0.2, 0) is 39.8 Å². The monoisotopic (exact) mass is 745 g/mol. The zero-order chi connectivity index (χ0) is 37.1. The van der Waals surface area contributed by atoms with E-state index in [0.29, 0.717) is 36.0 Å². The third-order valence-electron chi connectivity index (χ3n) is 10.2. The summed E-state index contributed by atoms with van der Waals surface area (Å²) in [6, 6.07) is 7.44. The maximum atomic E-state index is 12.4. The predicted molar refractivity (Wildman–Crippen MR) is 181 cm³/mol. The van der Waals surface area contributed by atoms with Crippen LogP contribution in [0.25, 0.3) is 0 Å². The van der Waals surface area contributed by atoms with Crippen molar-refractivity contribution >= 4 is 11.9 Å². The normalized spacial score (nSPS) is 29.4. The molecule has 0 radical (unpaired) electrons. The molecule has 9 unspecified atom stereocenters. The fraction of sp³-hybridized carbons (Fsp3) is 0.622. The van der Waals surface area contributed by atoms with E-state index in [4.69, 9.17) is 58.5 Å². The number of aliphatic hydroxyl groups excluding tert-OH is 2. The van der Waals surface area contributed by atoms with Gasteiger partial charge >= 0.3 is 11.9 Å². The summed E-state index contributed by atoms with van der Waals surface area (Å²) >= 11 is 0. The first-order valence-electron chi connectivity index (χ1n) is 18.3. The highest BCUT2D eigenvalue weighted by molar-refractivity contribution is 5.90. The topological polar surface area (TPSA) is 213 Å². The summed E-state index contributed by atoms with van der Waals surface area (Å²) in [5.41, 5.74) is 8.42. The number of rotatable bonds is 15. The van der Waals surface area contributed by atoms with Gasteiger partial charge in [0.2, 0.25) is 6.79 Å². The number of hydrogen-bond donors (Lipinski definition) is 4. The molecule has 5 N–H and O–H groups in total. The summed E-state index contributed by atoms with van der Waals surface area (Å²) < 4.78 is 48.1. The molecule has 53 heavy (non-hydrogen) atoms. The van der Waals surface area contributed by atoms with E-state index in [9.17, 15) is 19.8 Å². The first-order chi connectivity index (χ1) is 25.8. The van der Waals surface area contributed by atoms with E-state index in [1.165, 1.54) is 0 Å². The zero-order valence-corrected chi connectivity index (χ0v) is 29.5. The molecule has 0 amide bonds. The molecule has 2 fully saturated rings. The average Bonchev–Trinajstić information content (AvgIpc) is 3.70. The fourth-order valence-electron chi connectivity index (χ4n) is 7.68. The van der Waals surface area contributed by atoms with Crippen LogP contribution in [0, 0.1) is 0 Å². The van der Waals surface area contributed by atoms with Gasteiger partial charge in [0.25, 0.3) is 0 Å². The average molecular weight is 746 g/mol. The number of esters is 1. The van der Waals surface area contributed by atoms with Crippen LogP contribution >= 0.6 is 0 Å². The van der Waals surface area contributed by atoms with Crippen LogP contribution in [0.15, 0.2) is 24.3 Å². The molecule has 2 aromatic carbocycles. The van der Waals surface area contributed by atoms with Gasteiger partial charge in [-0.3, -0.25) is 9.59 Å². The number of carbonyl (C=O) groups is 2. The molecule has 16 heteroatoms. The summed E-state index contributed by atoms with van der Waals surface area (Å²) in [5, 5.41) is 30.6. The number of hydrogen-bond acceptors (Lipinski definition) is 15. The Labute approximate surface area is 306 Å². The zero-order valence-electron chi connectivity index (χ0n) is 29.5. The van der Waals surface area contributed by atoms with Gasteiger partial charge in [0.1, 0.15) is 48.4 Å². The lowest BCUT2D eigenvalue weighted by Crippen LogP contribution is -2.63. The van der Waals surface area contributed by atoms with Gasteiger partial charge < -0.3 is 63.8 Å². The Kier molecular flexibility index (Phi) is 11.7. The van der Waals surface area contributed by atoms with E-state index in [1.54, 1.807) is 6.07 Å². The molecule has 2 aromatic rings. The lowest BCUT2D eigenvalue weighted by molar-refractivity contribution is -0.379. The molecule has 290 valence electrons. The number of carboxylic acid groups (broad SMARTS) is 1. The van der Waals surface area contributed by atoms with Crippen molar-refractivity contribution in [2.75, 3.05) is 33.2 Å². The van der Waals surface area contributed by atoms with Crippen molar-refractivity contribution in [3.63, 3.8) is 0 Å². The maximum absolute atomic E-state index is 12.4. The van der Waals surface area contributed by atoms with Gasteiger partial charge in [0.05, 0.1) is 25.2 Å². The van der Waals surface area contributed by atoms with Crippen LogP contribution in [0.2, 0.25) is 0 Å². The number of aryl methyl sites for hydroxylation is 1. The van der Waals surface area contributed by atoms with Crippen molar-refractivity contribution < 1.29 is 72.6 Å². The Bertz CT molecular complexity index is 1620. The number of aliphatic carboxylic acids is 1. The van der Waals surface area contributed by atoms with E-state index >= 15 is 0 Å². The largest absolute Gasteiger partial charge is 0.492 e. The first kappa shape index (κ1) is 37.4. The van der Waals surface area contributed by atoms with Crippen molar-refractivity contribution in [2.24, 2.45) is 5.73 Å². The number of unbranched alkanes of at least 4 members (excludes halogenated alkanes) is 2. The van der Waals surface area contributed by atoms with Gasteiger partial charge in [-0.15, -0.1) is 0 Å². The molecule has 5 aliphatic rings. The Hall–Kier alpha value is -3.90. The summed E-state index contributed by atoms with van der Waals surface area (Å²) in [6.45, 7) is 2.68. The molecule has 2 saturated heterocycles. The quantitative estimate of drug-likeness (QED) is 0.0678. The van der Waals surface area contributed by atoms with E-state index < -0.39 is 61.3 Å². The molecule has 0 bridgehead atoms. The second-order valence-electron chi connectivity index (χ2n) is 13.8. The molecular formula is C37H47NO15. The minimum Gasteiger partial charge on any atom is -0.492 e. The Morgan fingerprint density at radius 2 is 1.81 bits per heavy atom. The predicted octanol–water partition coefficient (Wildman–Crippen LogP) is 2.81. The van der Waals surface area contributed by atoms with Gasteiger partial charge in [-0.25, -0.2) is 0 Å². The third kappa shape index (κ3) is 7.99. The summed E-state index contributed by atoms with van der Waals surface area (Å²) in [7, 11) is 0. The number of benzene rings is 2. The van der Waals surface area contributed by atoms with Crippen molar-refractivity contribution in [3.8, 4) is 28.7 Å². The Balaban J connectivity index is 1.15. The highest BCUT2D eigenvalue weighted by atomic mass is 17.2. The van der Waals surface area contributed by atoms with E-state index in [0.717, 1.165) is 48.1 Å². The van der Waals surface area contributed by atoms with E-state index in [-0.39, 0.29) is 51.4 Å². The maximum Gasteiger partial charge on any atom is 0.317 e. The molecule has 0 saturated carbocycles. The van der Waals surface area contributed by atoms with Crippen molar-refractivity contribution in [3.05, 3.63) is 41.0 Å². The number of ether oxygens (including phenoxy) is 8. The van der Waals surface area contributed by atoms with Crippen LogP contribution < -0.4 is 29.6 Å². The molecule has 7 rings (SSSR count). The summed E-state index contributed by atoms with van der Waals surface area (Å²) in [6.07, 6.45) is -4.35. The highest BCUT2D eigenvalue weighted by Crippen LogP contribution is 2.55. The lowest BCUT2D eigenvalue weighted by Gasteiger charge is -2.44. The first-order valence-corrected chi connectivity index (χ1v) is 18.3. The number of carboxylic acids is 1. The molecule has 0 spiro atoms. The third-order valence-corrected chi connectivity index (χ3v) is 10.2. The van der Waals surface area contributed by atoms with Crippen molar-refractivity contribution in [1.29, 1.82) is 0 Å². The molecule has 5 aliphatic heterocycles. The SMILES string of the molecule is CCCCCc1cc(OOC2C(OCCN)OC3C(OC(=O)CC(=O)O)CCC(CCO)OC3C2O)cc2c1OCC1c3cc4c(cc3OC21)OCO4. The standard InChI is InChI=1S/C37H47NO15/c1-2-3-4-5-19-12-21(13-23-32(19)45-17-24-22-14-27-28(47-18-46-27)15-26(22)50-33(23)24)52-53-36-31(43)35-34(51-37(36)44-11-9-38)25(49-30(42)16-29(40)41)7-6-20(48-35)8-10-39/h12-15,20,24-25,31,33-37,39,43H,2-11,16-18,38H2,1H3,(H,40,41). The van der Waals surface area contributed by atoms with E-state index in [1.807, 2.05) is 18.2 Å². The number of carbonyl (C=O) groups excluding carboxylic acids is 1. The highest BCUT2D eigenvalue weighted by Gasteiger charge is 2.54. The molecule has 16 nitrogen and oxygen atoms in total. The fourth-order valence-corrected chi connectivity index (χ4v) is 7.68. The molecule has 9 atom stereocenters. The van der Waals surface area contributed by atoms with Crippen molar-refractivity contribution in [1.82, 2.24) is 0 Å². The van der Waals surface area contributed by atoms with E-state index in [2.05, 4.69) is 6.92 Å². The van der Waals surface area contributed by atoms with Crippen LogP contribution in [-0.4, -0.2) is 103 Å². The summed E-state index contributed by atoms with van der Waals surface area (Å²) in [4.78, 5) is 35.6. The van der Waals surface area contributed by atoms with Crippen LogP contribution in [0.4, 0.5) is 0 Å². The molecule has 5 heterocycles. The van der Waals surface area contributed by atoms with Gasteiger partial charge in [0.15, 0.2) is 29.6 Å². The smallest absolute Gasteiger partial charge is 0.317 e. The molecule has 0 aromatic heterocycles. The van der Waals surface area contributed by atoms with Gasteiger partial charge in [-0.2, -0.15) is 4.89 Å². The number of nitrogens with two attached hydrogens (primary N) is 1. The van der Waals surface area contributed by atoms with Gasteiger partial charge in [-0.05, 0) is 55.9 Å². The molecular weight excluding hydrogens is 698 g/mol. The second-order valence-corrected chi connectivity index (χ2v) is 13.8. The van der Waals surface area contributed by atoms with Crippen LogP contribution in [0.3, 0.4) is 0 Å². The Morgan fingerprint density at radius 3 is 2.58 bits per heavy atom. The Morgan fingerprint density at radius 1 is 0.981 bits per heavy atom. The number of aliphatic hydroxyl groups is 2. The lowest BCUT2D eigenvalue weighted by atomic mass is 9.87. The van der Waals surface area contributed by atoms with Gasteiger partial charge in [-0.1, -0.05) is 19.8 Å². The summed E-state index contributed by atoms with van der Waals surface area (Å²) in [5.74, 6) is 0.641.